The van der Waals surface area contributed by atoms with Crippen LogP contribution in [0, 0.1) is 0 Å². The third kappa shape index (κ3) is 6.79. The number of unbranched alkanes of at least 4 members (excludes halogenated alkanes) is 4. The Labute approximate surface area is 156 Å². The highest BCUT2D eigenvalue weighted by molar-refractivity contribution is 5.85. The number of hydrogen-bond acceptors (Lipinski definition) is 4. The van der Waals surface area contributed by atoms with Gasteiger partial charge in [-0.15, -0.1) is 0 Å². The Morgan fingerprint density at radius 3 is 2.31 bits per heavy atom. The number of phenols is 1. The second-order valence-corrected chi connectivity index (χ2v) is 6.17. The number of rotatable bonds is 11. The van der Waals surface area contributed by atoms with E-state index in [0.717, 1.165) is 17.9 Å². The summed E-state index contributed by atoms with van der Waals surface area (Å²) in [6, 6.07) is 12.9. The summed E-state index contributed by atoms with van der Waals surface area (Å²) >= 11 is 0. The molecule has 4 heteroatoms. The van der Waals surface area contributed by atoms with E-state index in [2.05, 4.69) is 11.9 Å². The lowest BCUT2D eigenvalue weighted by Crippen LogP contribution is -1.97. The van der Waals surface area contributed by atoms with Crippen molar-refractivity contribution in [3.8, 4) is 17.2 Å². The molecule has 2 aromatic carbocycles. The average molecular weight is 355 g/mol. The topological polar surface area (TPSA) is 51.0 Å². The predicted molar refractivity (Wildman–Crippen MR) is 107 cm³/mol. The molecule has 0 heterocycles. The fraction of sp³-hybridized carbons (Fsp3) is 0.409. The Morgan fingerprint density at radius 1 is 0.885 bits per heavy atom. The quantitative estimate of drug-likeness (QED) is 0.404. The summed E-state index contributed by atoms with van der Waals surface area (Å²) in [6.07, 6.45) is 7.66. The molecule has 140 valence electrons. The van der Waals surface area contributed by atoms with Crippen LogP contribution in [0.3, 0.4) is 0 Å². The van der Waals surface area contributed by atoms with E-state index in [1.165, 1.54) is 25.7 Å². The summed E-state index contributed by atoms with van der Waals surface area (Å²) in [5, 5.41) is 10.2. The number of nitrogens with zero attached hydrogens (tertiary/aromatic N) is 1. The van der Waals surface area contributed by atoms with Crippen LogP contribution in [0.2, 0.25) is 0 Å². The van der Waals surface area contributed by atoms with Crippen LogP contribution in [0.1, 0.15) is 51.5 Å². The summed E-state index contributed by atoms with van der Waals surface area (Å²) in [6.45, 7) is 5.49. The van der Waals surface area contributed by atoms with Crippen LogP contribution < -0.4 is 9.47 Å². The highest BCUT2D eigenvalue weighted by Crippen LogP contribution is 2.24. The molecule has 0 aliphatic carbocycles. The molecule has 0 amide bonds. The fourth-order valence-electron chi connectivity index (χ4n) is 2.56. The van der Waals surface area contributed by atoms with Gasteiger partial charge in [-0.25, -0.2) is 0 Å². The third-order valence-corrected chi connectivity index (χ3v) is 4.02. The standard InChI is InChI=1S/C22H29NO3/c1-3-5-6-7-8-15-26-21-12-9-18(22(24)16-21)17-23-19-10-13-20(14-11-19)25-4-2/h9-14,16-17,24H,3-8,15H2,1-2H3. The van der Waals surface area contributed by atoms with Gasteiger partial charge in [-0.1, -0.05) is 32.6 Å². The van der Waals surface area contributed by atoms with Gasteiger partial charge in [-0.3, -0.25) is 4.99 Å². The molecule has 2 rings (SSSR count). The van der Waals surface area contributed by atoms with E-state index in [0.29, 0.717) is 24.5 Å². The van der Waals surface area contributed by atoms with Crippen molar-refractivity contribution in [2.45, 2.75) is 46.0 Å². The van der Waals surface area contributed by atoms with Gasteiger partial charge in [0.15, 0.2) is 0 Å². The smallest absolute Gasteiger partial charge is 0.128 e. The van der Waals surface area contributed by atoms with Crippen LogP contribution in [-0.4, -0.2) is 24.5 Å². The van der Waals surface area contributed by atoms with Crippen molar-refractivity contribution in [2.24, 2.45) is 4.99 Å². The van der Waals surface area contributed by atoms with E-state index < -0.39 is 0 Å². The van der Waals surface area contributed by atoms with E-state index in [4.69, 9.17) is 9.47 Å². The van der Waals surface area contributed by atoms with Crippen LogP contribution in [0.25, 0.3) is 0 Å². The molecule has 0 saturated heterocycles. The summed E-state index contributed by atoms with van der Waals surface area (Å²) in [5.74, 6) is 1.69. The largest absolute Gasteiger partial charge is 0.507 e. The summed E-state index contributed by atoms with van der Waals surface area (Å²) in [7, 11) is 0. The van der Waals surface area contributed by atoms with E-state index >= 15 is 0 Å². The molecule has 0 fully saturated rings. The highest BCUT2D eigenvalue weighted by atomic mass is 16.5. The van der Waals surface area contributed by atoms with Crippen LogP contribution in [0.4, 0.5) is 5.69 Å². The molecule has 0 aliphatic heterocycles. The van der Waals surface area contributed by atoms with Gasteiger partial charge in [-0.05, 0) is 49.7 Å². The number of aromatic hydroxyl groups is 1. The lowest BCUT2D eigenvalue weighted by Gasteiger charge is -2.07. The Hall–Kier alpha value is -2.49. The molecule has 0 radical (unpaired) electrons. The van der Waals surface area contributed by atoms with Gasteiger partial charge in [0.05, 0.1) is 18.9 Å². The molecule has 0 unspecified atom stereocenters. The molecule has 0 saturated carbocycles. The van der Waals surface area contributed by atoms with Crippen LogP contribution in [-0.2, 0) is 0 Å². The van der Waals surface area contributed by atoms with Crippen LogP contribution in [0.15, 0.2) is 47.5 Å². The minimum Gasteiger partial charge on any atom is -0.507 e. The number of benzene rings is 2. The number of aliphatic imine (C=N–C) groups is 1. The molecule has 0 bridgehead atoms. The molecule has 26 heavy (non-hydrogen) atoms. The zero-order valence-electron chi connectivity index (χ0n) is 15.8. The zero-order valence-corrected chi connectivity index (χ0v) is 15.8. The third-order valence-electron chi connectivity index (χ3n) is 4.02. The van der Waals surface area contributed by atoms with Gasteiger partial charge in [0, 0.05) is 17.8 Å². The normalized spacial score (nSPS) is 11.0. The Kier molecular flexibility index (Phi) is 8.53. The maximum atomic E-state index is 10.2. The Balaban J connectivity index is 1.86. The summed E-state index contributed by atoms with van der Waals surface area (Å²) in [5.41, 5.74) is 1.47. The zero-order chi connectivity index (χ0) is 18.6. The SMILES string of the molecule is CCCCCCCOc1ccc(C=Nc2ccc(OCC)cc2)c(O)c1. The van der Waals surface area contributed by atoms with Crippen molar-refractivity contribution in [1.29, 1.82) is 0 Å². The van der Waals surface area contributed by atoms with E-state index in [1.807, 2.05) is 43.3 Å². The minimum absolute atomic E-state index is 0.170. The lowest BCUT2D eigenvalue weighted by atomic mass is 10.2. The fourth-order valence-corrected chi connectivity index (χ4v) is 2.56. The maximum absolute atomic E-state index is 10.2. The van der Waals surface area contributed by atoms with Crippen LogP contribution in [0.5, 0.6) is 17.2 Å². The number of ether oxygens (including phenoxy) is 2. The molecule has 0 aliphatic rings. The molecule has 4 nitrogen and oxygen atoms in total. The molecule has 0 aromatic heterocycles. The minimum atomic E-state index is 0.170. The second-order valence-electron chi connectivity index (χ2n) is 6.17. The van der Waals surface area contributed by atoms with Gasteiger partial charge >= 0.3 is 0 Å². The predicted octanol–water partition coefficient (Wildman–Crippen LogP) is 5.89. The van der Waals surface area contributed by atoms with Gasteiger partial charge in [-0.2, -0.15) is 0 Å². The van der Waals surface area contributed by atoms with Crippen molar-refractivity contribution in [3.05, 3.63) is 48.0 Å². The first-order valence-corrected chi connectivity index (χ1v) is 9.45. The van der Waals surface area contributed by atoms with Crippen molar-refractivity contribution in [1.82, 2.24) is 0 Å². The van der Waals surface area contributed by atoms with E-state index in [1.54, 1.807) is 12.3 Å². The van der Waals surface area contributed by atoms with Gasteiger partial charge in [0.25, 0.3) is 0 Å². The van der Waals surface area contributed by atoms with Crippen molar-refractivity contribution in [2.75, 3.05) is 13.2 Å². The van der Waals surface area contributed by atoms with Gasteiger partial charge in [0.1, 0.15) is 17.2 Å². The Morgan fingerprint density at radius 2 is 1.62 bits per heavy atom. The maximum Gasteiger partial charge on any atom is 0.128 e. The molecular formula is C22H29NO3. The molecule has 0 atom stereocenters. The average Bonchev–Trinajstić information content (AvgIpc) is 2.65. The number of phenolic OH excluding ortho intramolecular Hbond substituents is 1. The van der Waals surface area contributed by atoms with Crippen molar-refractivity contribution >= 4 is 11.9 Å². The molecule has 0 spiro atoms. The first kappa shape index (κ1) is 19.8. The van der Waals surface area contributed by atoms with Gasteiger partial charge < -0.3 is 14.6 Å². The van der Waals surface area contributed by atoms with Crippen molar-refractivity contribution in [3.63, 3.8) is 0 Å². The van der Waals surface area contributed by atoms with Crippen molar-refractivity contribution < 1.29 is 14.6 Å². The summed E-state index contributed by atoms with van der Waals surface area (Å²) in [4.78, 5) is 4.39. The Bertz CT molecular complexity index is 680. The molecule has 1 N–H and O–H groups in total. The summed E-state index contributed by atoms with van der Waals surface area (Å²) < 4.78 is 11.1. The van der Waals surface area contributed by atoms with E-state index in [-0.39, 0.29) is 5.75 Å². The molecular weight excluding hydrogens is 326 g/mol. The number of hydrogen-bond donors (Lipinski definition) is 1. The molecule has 2 aromatic rings. The monoisotopic (exact) mass is 355 g/mol. The first-order valence-electron chi connectivity index (χ1n) is 9.45. The second kappa shape index (κ2) is 11.2. The lowest BCUT2D eigenvalue weighted by molar-refractivity contribution is 0.303. The van der Waals surface area contributed by atoms with E-state index in [9.17, 15) is 5.11 Å². The highest BCUT2D eigenvalue weighted by Gasteiger charge is 2.02. The van der Waals surface area contributed by atoms with Crippen LogP contribution >= 0.6 is 0 Å². The first-order chi connectivity index (χ1) is 12.7. The van der Waals surface area contributed by atoms with Gasteiger partial charge in [0.2, 0.25) is 0 Å².